The molecule has 1 N–H and O–H groups in total. The summed E-state index contributed by atoms with van der Waals surface area (Å²) >= 11 is 0. The quantitative estimate of drug-likeness (QED) is 0.438. The molecule has 1 aromatic carbocycles. The molecule has 148 valence electrons. The van der Waals surface area contributed by atoms with Gasteiger partial charge in [0.2, 0.25) is 0 Å². The van der Waals surface area contributed by atoms with Crippen molar-refractivity contribution in [1.29, 1.82) is 0 Å². The van der Waals surface area contributed by atoms with Crippen molar-refractivity contribution in [1.82, 2.24) is 10.3 Å². The summed E-state index contributed by atoms with van der Waals surface area (Å²) in [6.45, 7) is 5.51. The molecule has 8 heteroatoms. The van der Waals surface area contributed by atoms with Gasteiger partial charge in [-0.15, -0.1) is 0 Å². The number of nitro groups is 1. The zero-order valence-corrected chi connectivity index (χ0v) is 16.0. The number of nitrogens with one attached hydrogen (secondary N) is 1. The molecular weight excluding hydrogens is 362 g/mol. The Bertz CT molecular complexity index is 845. The third-order valence-electron chi connectivity index (χ3n) is 3.40. The Kier molecular flexibility index (Phi) is 7.08. The molecule has 0 saturated carbocycles. The lowest BCUT2D eigenvalue weighted by Crippen LogP contribution is -2.34. The largest absolute Gasteiger partial charge is 0.485 e. The number of para-hydroxylation sites is 1. The standard InChI is InChI=1S/C20H23N3O5/c1-20(2,3)28-19(24)22-13-14-27-17-6-4-5-16(18(17)23(25)26)8-7-15-9-11-21-12-10-15/h4-12H,13-14H2,1-3H3,(H,22,24)/b8-7+. The molecule has 0 aliphatic carbocycles. The molecule has 1 heterocycles. The smallest absolute Gasteiger partial charge is 0.407 e. The van der Waals surface area contributed by atoms with Crippen LogP contribution in [0.4, 0.5) is 10.5 Å². The maximum atomic E-state index is 11.6. The minimum atomic E-state index is -0.598. The van der Waals surface area contributed by atoms with Crippen LogP contribution in [-0.4, -0.2) is 34.8 Å². The normalized spacial score (nSPS) is 11.2. The Hall–Kier alpha value is -3.42. The summed E-state index contributed by atoms with van der Waals surface area (Å²) < 4.78 is 10.6. The number of carbonyl (C=O) groups excluding carboxylic acids is 1. The highest BCUT2D eigenvalue weighted by atomic mass is 16.6. The first kappa shape index (κ1) is 20.9. The molecule has 0 atom stereocenters. The summed E-state index contributed by atoms with van der Waals surface area (Å²) in [6.07, 6.45) is 6.13. The summed E-state index contributed by atoms with van der Waals surface area (Å²) in [5, 5.41) is 14.1. The van der Waals surface area contributed by atoms with E-state index in [9.17, 15) is 14.9 Å². The molecule has 2 aromatic rings. The summed E-state index contributed by atoms with van der Waals surface area (Å²) in [5.74, 6) is 0.132. The highest BCUT2D eigenvalue weighted by Gasteiger charge is 2.20. The highest BCUT2D eigenvalue weighted by molar-refractivity contribution is 5.76. The van der Waals surface area contributed by atoms with Gasteiger partial charge in [0.1, 0.15) is 12.2 Å². The predicted molar refractivity (Wildman–Crippen MR) is 106 cm³/mol. The van der Waals surface area contributed by atoms with Crippen molar-refractivity contribution in [2.75, 3.05) is 13.2 Å². The molecular formula is C20H23N3O5. The van der Waals surface area contributed by atoms with Gasteiger partial charge in [-0.2, -0.15) is 0 Å². The molecule has 28 heavy (non-hydrogen) atoms. The molecule has 0 aliphatic heterocycles. The van der Waals surface area contributed by atoms with Crippen molar-refractivity contribution in [2.24, 2.45) is 0 Å². The van der Waals surface area contributed by atoms with Crippen molar-refractivity contribution >= 4 is 23.9 Å². The average molecular weight is 385 g/mol. The summed E-state index contributed by atoms with van der Waals surface area (Å²) in [7, 11) is 0. The van der Waals surface area contributed by atoms with E-state index in [0.29, 0.717) is 5.56 Å². The van der Waals surface area contributed by atoms with Crippen molar-refractivity contribution < 1.29 is 19.2 Å². The fourth-order valence-electron chi connectivity index (χ4n) is 2.27. The van der Waals surface area contributed by atoms with Gasteiger partial charge in [0, 0.05) is 12.4 Å². The number of pyridine rings is 1. The van der Waals surface area contributed by atoms with E-state index < -0.39 is 16.6 Å². The van der Waals surface area contributed by atoms with Crippen LogP contribution in [0.1, 0.15) is 31.9 Å². The van der Waals surface area contributed by atoms with Crippen LogP contribution in [0.5, 0.6) is 5.75 Å². The van der Waals surface area contributed by atoms with Crippen LogP contribution in [0.25, 0.3) is 12.2 Å². The molecule has 1 aromatic heterocycles. The summed E-state index contributed by atoms with van der Waals surface area (Å²) in [5.41, 5.74) is 0.556. The third kappa shape index (κ3) is 6.71. The van der Waals surface area contributed by atoms with Crippen LogP contribution in [0, 0.1) is 10.1 Å². The zero-order chi connectivity index (χ0) is 20.6. The average Bonchev–Trinajstić information content (AvgIpc) is 2.62. The van der Waals surface area contributed by atoms with Gasteiger partial charge in [0.15, 0.2) is 5.75 Å². The SMILES string of the molecule is CC(C)(C)OC(=O)NCCOc1cccc(/C=C/c2ccncc2)c1[N+](=O)[O-]. The van der Waals surface area contributed by atoms with Gasteiger partial charge in [0.05, 0.1) is 17.0 Å². The van der Waals surface area contributed by atoms with E-state index >= 15 is 0 Å². The first-order valence-corrected chi connectivity index (χ1v) is 8.71. The zero-order valence-electron chi connectivity index (χ0n) is 16.0. The predicted octanol–water partition coefficient (Wildman–Crippen LogP) is 4.06. The maximum absolute atomic E-state index is 11.6. The number of alkyl carbamates (subject to hydrolysis) is 1. The van der Waals surface area contributed by atoms with E-state index in [1.54, 1.807) is 69.6 Å². The van der Waals surface area contributed by atoms with E-state index in [4.69, 9.17) is 9.47 Å². The van der Waals surface area contributed by atoms with Gasteiger partial charge in [-0.3, -0.25) is 15.1 Å². The molecule has 0 saturated heterocycles. The van der Waals surface area contributed by atoms with Gasteiger partial charge in [-0.25, -0.2) is 4.79 Å². The number of rotatable bonds is 7. The lowest BCUT2D eigenvalue weighted by atomic mass is 10.1. The number of ether oxygens (including phenoxy) is 2. The van der Waals surface area contributed by atoms with Crippen molar-refractivity contribution in [3.8, 4) is 5.75 Å². The van der Waals surface area contributed by atoms with E-state index in [2.05, 4.69) is 10.3 Å². The van der Waals surface area contributed by atoms with E-state index in [1.165, 1.54) is 6.07 Å². The monoisotopic (exact) mass is 385 g/mol. The summed E-state index contributed by atoms with van der Waals surface area (Å²) in [4.78, 5) is 26.6. The van der Waals surface area contributed by atoms with E-state index in [1.807, 2.05) is 0 Å². The second kappa shape index (κ2) is 9.50. The van der Waals surface area contributed by atoms with Gasteiger partial charge < -0.3 is 14.8 Å². The van der Waals surface area contributed by atoms with E-state index in [-0.39, 0.29) is 24.6 Å². The fraction of sp³-hybridized carbons (Fsp3) is 0.300. The third-order valence-corrected chi connectivity index (χ3v) is 3.40. The second-order valence-electron chi connectivity index (χ2n) is 6.84. The molecule has 0 fully saturated rings. The van der Waals surface area contributed by atoms with Crippen molar-refractivity contribution in [2.45, 2.75) is 26.4 Å². The van der Waals surface area contributed by atoms with E-state index in [0.717, 1.165) is 5.56 Å². The Labute approximate surface area is 163 Å². The Morgan fingerprint density at radius 1 is 1.21 bits per heavy atom. The van der Waals surface area contributed by atoms with Gasteiger partial charge in [-0.1, -0.05) is 12.1 Å². The van der Waals surface area contributed by atoms with Crippen LogP contribution in [0.3, 0.4) is 0 Å². The van der Waals surface area contributed by atoms with Crippen molar-refractivity contribution in [3.05, 3.63) is 64.0 Å². The topological polar surface area (TPSA) is 104 Å². The Morgan fingerprint density at radius 3 is 2.57 bits per heavy atom. The number of nitrogens with zero attached hydrogens (tertiary/aromatic N) is 2. The first-order chi connectivity index (χ1) is 13.3. The maximum Gasteiger partial charge on any atom is 0.407 e. The van der Waals surface area contributed by atoms with Crippen LogP contribution in [0.2, 0.25) is 0 Å². The molecule has 0 radical (unpaired) electrons. The van der Waals surface area contributed by atoms with Gasteiger partial charge in [0.25, 0.3) is 0 Å². The number of hydrogen-bond acceptors (Lipinski definition) is 6. The lowest BCUT2D eigenvalue weighted by molar-refractivity contribution is -0.386. The second-order valence-corrected chi connectivity index (χ2v) is 6.84. The van der Waals surface area contributed by atoms with Crippen LogP contribution in [-0.2, 0) is 4.74 Å². The minimum Gasteiger partial charge on any atom is -0.485 e. The van der Waals surface area contributed by atoms with Crippen LogP contribution >= 0.6 is 0 Å². The van der Waals surface area contributed by atoms with Crippen molar-refractivity contribution in [3.63, 3.8) is 0 Å². The fourth-order valence-corrected chi connectivity index (χ4v) is 2.27. The Morgan fingerprint density at radius 2 is 1.93 bits per heavy atom. The number of benzene rings is 1. The summed E-state index contributed by atoms with van der Waals surface area (Å²) in [6, 6.07) is 8.43. The number of nitro benzene ring substituents is 1. The number of aromatic nitrogens is 1. The van der Waals surface area contributed by atoms with Crippen LogP contribution < -0.4 is 10.1 Å². The molecule has 0 unspecified atom stereocenters. The lowest BCUT2D eigenvalue weighted by Gasteiger charge is -2.19. The first-order valence-electron chi connectivity index (χ1n) is 8.71. The highest BCUT2D eigenvalue weighted by Crippen LogP contribution is 2.32. The molecule has 0 bridgehead atoms. The van der Waals surface area contributed by atoms with Gasteiger partial charge in [-0.05, 0) is 56.7 Å². The molecule has 0 aliphatic rings. The minimum absolute atomic E-state index is 0.0671. The molecule has 2 rings (SSSR count). The number of amides is 1. The van der Waals surface area contributed by atoms with Crippen LogP contribution in [0.15, 0.2) is 42.7 Å². The molecule has 8 nitrogen and oxygen atoms in total. The number of hydrogen-bond donors (Lipinski definition) is 1. The number of carbonyl (C=O) groups is 1. The van der Waals surface area contributed by atoms with Gasteiger partial charge >= 0.3 is 11.8 Å². The molecule has 0 spiro atoms. The Balaban J connectivity index is 2.03. The molecule has 1 amide bonds.